The Hall–Kier alpha value is -4.49. The van der Waals surface area contributed by atoms with E-state index in [1.165, 1.54) is 11.1 Å². The molecule has 190 valence electrons. The zero-order valence-corrected chi connectivity index (χ0v) is 21.9. The van der Waals surface area contributed by atoms with Gasteiger partial charge in [0.2, 0.25) is 0 Å². The van der Waals surface area contributed by atoms with Crippen LogP contribution < -0.4 is 14.4 Å². The van der Waals surface area contributed by atoms with Crippen LogP contribution in [0.5, 0.6) is 11.5 Å². The number of terminal acetylenes is 1. The Morgan fingerprint density at radius 3 is 2.29 bits per heavy atom. The molecule has 1 heterocycles. The predicted octanol–water partition coefficient (Wildman–Crippen LogP) is 7.22. The highest BCUT2D eigenvalue weighted by Gasteiger charge is 2.22. The van der Waals surface area contributed by atoms with E-state index in [-0.39, 0.29) is 6.61 Å². The van der Waals surface area contributed by atoms with Crippen molar-refractivity contribution >= 4 is 11.4 Å². The van der Waals surface area contributed by atoms with Crippen molar-refractivity contribution in [3.8, 4) is 23.8 Å². The summed E-state index contributed by atoms with van der Waals surface area (Å²) in [5.41, 5.74) is 7.91. The Balaban J connectivity index is 1.36. The van der Waals surface area contributed by atoms with Gasteiger partial charge in [-0.25, -0.2) is 0 Å². The maximum atomic E-state index is 5.96. The molecular formula is C34H32N2O2. The molecule has 1 aliphatic rings. The van der Waals surface area contributed by atoms with Crippen LogP contribution in [-0.4, -0.2) is 19.0 Å². The van der Waals surface area contributed by atoms with Gasteiger partial charge in [0.15, 0.2) is 0 Å². The maximum Gasteiger partial charge on any atom is 0.148 e. The Morgan fingerprint density at radius 2 is 1.58 bits per heavy atom. The maximum absolute atomic E-state index is 5.96. The van der Waals surface area contributed by atoms with Crippen molar-refractivity contribution in [3.63, 3.8) is 0 Å². The molecule has 0 unspecified atom stereocenters. The third-order valence-corrected chi connectivity index (χ3v) is 6.68. The molecule has 0 atom stereocenters. The topological polar surface area (TPSA) is 34.1 Å². The van der Waals surface area contributed by atoms with Crippen molar-refractivity contribution in [2.45, 2.75) is 32.9 Å². The highest BCUT2D eigenvalue weighted by molar-refractivity contribution is 6.17. The molecule has 4 aromatic carbocycles. The van der Waals surface area contributed by atoms with E-state index in [0.717, 1.165) is 46.1 Å². The molecule has 0 amide bonds. The molecule has 0 saturated carbocycles. The first-order valence-corrected chi connectivity index (χ1v) is 13.0. The molecule has 4 aromatic rings. The highest BCUT2D eigenvalue weighted by atomic mass is 16.5. The average molecular weight is 501 g/mol. The van der Waals surface area contributed by atoms with Gasteiger partial charge in [0.05, 0.1) is 5.71 Å². The van der Waals surface area contributed by atoms with E-state index in [0.29, 0.717) is 19.2 Å². The van der Waals surface area contributed by atoms with Crippen molar-refractivity contribution in [1.29, 1.82) is 0 Å². The number of aliphatic imine (C=N–C) groups is 1. The number of hydrogen-bond acceptors (Lipinski definition) is 4. The second kappa shape index (κ2) is 11.7. The van der Waals surface area contributed by atoms with Crippen LogP contribution in [0.4, 0.5) is 5.69 Å². The largest absolute Gasteiger partial charge is 0.489 e. The summed E-state index contributed by atoms with van der Waals surface area (Å²) in [5.74, 6) is 4.64. The van der Waals surface area contributed by atoms with Gasteiger partial charge in [0, 0.05) is 23.4 Å². The molecule has 0 N–H and O–H groups in total. The van der Waals surface area contributed by atoms with Gasteiger partial charge in [-0.05, 0) is 52.9 Å². The zero-order chi connectivity index (χ0) is 26.3. The summed E-state index contributed by atoms with van der Waals surface area (Å²) in [5, 5.41) is 0. The van der Waals surface area contributed by atoms with E-state index in [9.17, 15) is 0 Å². The minimum Gasteiger partial charge on any atom is -0.489 e. The molecule has 0 spiro atoms. The third kappa shape index (κ3) is 5.90. The Kier molecular flexibility index (Phi) is 7.75. The molecule has 0 saturated heterocycles. The van der Waals surface area contributed by atoms with Crippen molar-refractivity contribution in [2.75, 3.05) is 18.2 Å². The summed E-state index contributed by atoms with van der Waals surface area (Å²) in [7, 11) is 0. The lowest BCUT2D eigenvalue weighted by molar-refractivity contribution is 0.306. The van der Waals surface area contributed by atoms with Gasteiger partial charge >= 0.3 is 0 Å². The Labute approximate surface area is 225 Å². The van der Waals surface area contributed by atoms with Crippen LogP contribution in [0.3, 0.4) is 0 Å². The van der Waals surface area contributed by atoms with Crippen LogP contribution in [0.25, 0.3) is 0 Å². The summed E-state index contributed by atoms with van der Waals surface area (Å²) in [6.07, 6.45) is 5.42. The van der Waals surface area contributed by atoms with Crippen molar-refractivity contribution < 1.29 is 9.47 Å². The van der Waals surface area contributed by atoms with Crippen LogP contribution in [0.1, 0.15) is 47.6 Å². The SMILES string of the molecule is C#CCOc1ccc2c(c1)C(c1ccc(C(C)C)cc1)=NCN2Cc1ccc(OCc2ccccc2)cc1. The van der Waals surface area contributed by atoms with E-state index >= 15 is 0 Å². The van der Waals surface area contributed by atoms with Crippen molar-refractivity contribution in [2.24, 2.45) is 4.99 Å². The number of ether oxygens (including phenoxy) is 2. The quantitative estimate of drug-likeness (QED) is 0.228. The summed E-state index contributed by atoms with van der Waals surface area (Å²) < 4.78 is 11.7. The first-order valence-electron chi connectivity index (χ1n) is 13.0. The van der Waals surface area contributed by atoms with Gasteiger partial charge in [-0.15, -0.1) is 6.42 Å². The first-order chi connectivity index (χ1) is 18.6. The minimum absolute atomic E-state index is 0.233. The van der Waals surface area contributed by atoms with Crippen molar-refractivity contribution in [3.05, 3.63) is 125 Å². The molecular weight excluding hydrogens is 468 g/mol. The van der Waals surface area contributed by atoms with Gasteiger partial charge in [-0.2, -0.15) is 0 Å². The van der Waals surface area contributed by atoms with Crippen molar-refractivity contribution in [1.82, 2.24) is 0 Å². The van der Waals surface area contributed by atoms with Crippen LogP contribution in [0, 0.1) is 12.3 Å². The van der Waals surface area contributed by atoms with Crippen LogP contribution in [-0.2, 0) is 13.2 Å². The number of benzene rings is 4. The molecule has 5 rings (SSSR count). The Morgan fingerprint density at radius 1 is 0.842 bits per heavy atom. The summed E-state index contributed by atoms with van der Waals surface area (Å²) >= 11 is 0. The van der Waals surface area contributed by atoms with E-state index in [2.05, 4.69) is 85.3 Å². The van der Waals surface area contributed by atoms with Crippen LogP contribution in [0.15, 0.2) is 102 Å². The first kappa shape index (κ1) is 25.2. The third-order valence-electron chi connectivity index (χ3n) is 6.68. The van der Waals surface area contributed by atoms with E-state index in [1.807, 2.05) is 36.4 Å². The average Bonchev–Trinajstić information content (AvgIpc) is 2.96. The fourth-order valence-electron chi connectivity index (χ4n) is 4.57. The molecule has 0 radical (unpaired) electrons. The number of fused-ring (bicyclic) bond motifs is 1. The predicted molar refractivity (Wildman–Crippen MR) is 155 cm³/mol. The normalized spacial score (nSPS) is 12.5. The standard InChI is InChI=1S/C34H32N2O2/c1-4-20-37-31-18-19-33-32(21-31)34(29-14-12-28(13-15-29)25(2)3)35-24-36(33)22-26-10-16-30(17-11-26)38-23-27-8-6-5-7-9-27/h1,5-19,21,25H,20,22-24H2,2-3H3. The van der Waals surface area contributed by atoms with Gasteiger partial charge < -0.3 is 14.4 Å². The molecule has 38 heavy (non-hydrogen) atoms. The number of rotatable bonds is 9. The monoisotopic (exact) mass is 500 g/mol. The van der Waals surface area contributed by atoms with E-state index < -0.39 is 0 Å². The molecule has 0 aliphatic carbocycles. The Bertz CT molecular complexity index is 1430. The lowest BCUT2D eigenvalue weighted by Gasteiger charge is -2.31. The van der Waals surface area contributed by atoms with Gasteiger partial charge in [-0.1, -0.05) is 86.5 Å². The molecule has 4 nitrogen and oxygen atoms in total. The lowest BCUT2D eigenvalue weighted by atomic mass is 9.95. The molecule has 4 heteroatoms. The molecule has 0 fully saturated rings. The van der Waals surface area contributed by atoms with Gasteiger partial charge in [0.1, 0.15) is 31.4 Å². The van der Waals surface area contributed by atoms with Crippen LogP contribution in [0.2, 0.25) is 0 Å². The van der Waals surface area contributed by atoms with Gasteiger partial charge in [0.25, 0.3) is 0 Å². The molecule has 0 bridgehead atoms. The summed E-state index contributed by atoms with van der Waals surface area (Å²) in [6, 6.07) is 33.3. The minimum atomic E-state index is 0.233. The molecule has 1 aliphatic heterocycles. The summed E-state index contributed by atoms with van der Waals surface area (Å²) in [4.78, 5) is 7.30. The second-order valence-electron chi connectivity index (χ2n) is 9.71. The van der Waals surface area contributed by atoms with E-state index in [1.54, 1.807) is 0 Å². The fourth-order valence-corrected chi connectivity index (χ4v) is 4.57. The summed E-state index contributed by atoms with van der Waals surface area (Å²) in [6.45, 7) is 6.51. The smallest absolute Gasteiger partial charge is 0.148 e. The number of nitrogens with zero attached hydrogens (tertiary/aromatic N) is 2. The number of anilines is 1. The highest BCUT2D eigenvalue weighted by Crippen LogP contribution is 2.33. The van der Waals surface area contributed by atoms with Gasteiger partial charge in [-0.3, -0.25) is 4.99 Å². The lowest BCUT2D eigenvalue weighted by Crippen LogP contribution is -2.29. The fraction of sp³-hybridized carbons (Fsp3) is 0.206. The zero-order valence-electron chi connectivity index (χ0n) is 21.9. The molecule has 0 aromatic heterocycles. The number of hydrogen-bond donors (Lipinski definition) is 0. The van der Waals surface area contributed by atoms with E-state index in [4.69, 9.17) is 20.9 Å². The van der Waals surface area contributed by atoms with Crippen LogP contribution >= 0.6 is 0 Å². The second-order valence-corrected chi connectivity index (χ2v) is 9.71.